The van der Waals surface area contributed by atoms with Crippen molar-refractivity contribution in [3.05, 3.63) is 119 Å². The molecule has 1 heterocycles. The summed E-state index contributed by atoms with van der Waals surface area (Å²) in [6.45, 7) is 4.67. The van der Waals surface area contributed by atoms with Crippen molar-refractivity contribution in [2.45, 2.75) is 20.4 Å². The number of fused-ring (bicyclic) bond motifs is 1. The molecule has 0 unspecified atom stereocenters. The number of thiazole rings is 1. The average Bonchev–Trinajstić information content (AvgIpc) is 3.26. The van der Waals surface area contributed by atoms with Gasteiger partial charge in [0.2, 0.25) is 0 Å². The number of rotatable bonds is 5. The summed E-state index contributed by atoms with van der Waals surface area (Å²) in [5, 5.41) is 0.719. The molecule has 0 bridgehead atoms. The molecule has 1 aromatic heterocycles. The van der Waals surface area contributed by atoms with E-state index in [0.717, 1.165) is 32.0 Å². The van der Waals surface area contributed by atoms with E-state index < -0.39 is 0 Å². The summed E-state index contributed by atoms with van der Waals surface area (Å²) in [6, 6.07) is 32.3. The molecule has 0 N–H and O–H groups in total. The number of amides is 1. The minimum absolute atomic E-state index is 0.0500. The van der Waals surface area contributed by atoms with Gasteiger partial charge in [-0.1, -0.05) is 84.1 Å². The zero-order valence-corrected chi connectivity index (χ0v) is 19.5. The lowest BCUT2D eigenvalue weighted by Crippen LogP contribution is -2.30. The number of carbonyl (C=O) groups is 1. The van der Waals surface area contributed by atoms with E-state index in [1.165, 1.54) is 11.1 Å². The van der Waals surface area contributed by atoms with Crippen molar-refractivity contribution < 1.29 is 4.79 Å². The number of benzene rings is 4. The lowest BCUT2D eigenvalue weighted by atomic mass is 10.0. The predicted molar refractivity (Wildman–Crippen MR) is 138 cm³/mol. The minimum Gasteiger partial charge on any atom is -0.279 e. The van der Waals surface area contributed by atoms with Gasteiger partial charge in [-0.05, 0) is 65.9 Å². The van der Waals surface area contributed by atoms with E-state index in [-0.39, 0.29) is 5.91 Å². The van der Waals surface area contributed by atoms with Crippen LogP contribution in [-0.4, -0.2) is 10.9 Å². The second kappa shape index (κ2) is 9.00. The van der Waals surface area contributed by atoms with Gasteiger partial charge in [0.15, 0.2) is 5.13 Å². The number of aromatic nitrogens is 1. The maximum absolute atomic E-state index is 13.7. The third-order valence-corrected chi connectivity index (χ3v) is 6.93. The molecule has 0 spiro atoms. The van der Waals surface area contributed by atoms with E-state index in [0.29, 0.717) is 12.1 Å². The molecule has 0 saturated heterocycles. The van der Waals surface area contributed by atoms with E-state index in [2.05, 4.69) is 38.1 Å². The number of aryl methyl sites for hydroxylation is 2. The molecule has 0 aliphatic heterocycles. The van der Waals surface area contributed by atoms with Gasteiger partial charge in [-0.3, -0.25) is 9.69 Å². The van der Waals surface area contributed by atoms with Crippen LogP contribution in [0.2, 0.25) is 0 Å². The Morgan fingerprint density at radius 2 is 1.39 bits per heavy atom. The summed E-state index contributed by atoms with van der Waals surface area (Å²) in [4.78, 5) is 20.3. The molecule has 33 heavy (non-hydrogen) atoms. The van der Waals surface area contributed by atoms with Crippen LogP contribution in [0.1, 0.15) is 27.0 Å². The first-order chi connectivity index (χ1) is 16.1. The van der Waals surface area contributed by atoms with Gasteiger partial charge in [-0.2, -0.15) is 0 Å². The normalized spacial score (nSPS) is 11.0. The van der Waals surface area contributed by atoms with Crippen molar-refractivity contribution in [3.8, 4) is 11.1 Å². The van der Waals surface area contributed by atoms with Crippen molar-refractivity contribution in [1.82, 2.24) is 4.98 Å². The highest BCUT2D eigenvalue weighted by Crippen LogP contribution is 2.32. The quantitative estimate of drug-likeness (QED) is 0.280. The zero-order chi connectivity index (χ0) is 22.8. The Kier molecular flexibility index (Phi) is 5.76. The van der Waals surface area contributed by atoms with Crippen LogP contribution in [0.3, 0.4) is 0 Å². The Bertz CT molecular complexity index is 1370. The summed E-state index contributed by atoms with van der Waals surface area (Å²) < 4.78 is 1.10. The van der Waals surface area contributed by atoms with Crippen molar-refractivity contribution in [3.63, 3.8) is 0 Å². The van der Waals surface area contributed by atoms with Gasteiger partial charge >= 0.3 is 0 Å². The van der Waals surface area contributed by atoms with Crippen molar-refractivity contribution in [1.29, 1.82) is 0 Å². The Hall–Kier alpha value is -3.76. The molecule has 1 amide bonds. The van der Waals surface area contributed by atoms with Gasteiger partial charge in [0.25, 0.3) is 5.91 Å². The van der Waals surface area contributed by atoms with Crippen LogP contribution in [-0.2, 0) is 6.54 Å². The lowest BCUT2D eigenvalue weighted by Gasteiger charge is -2.20. The molecule has 3 nitrogen and oxygen atoms in total. The van der Waals surface area contributed by atoms with Crippen LogP contribution < -0.4 is 4.90 Å². The van der Waals surface area contributed by atoms with Crippen molar-refractivity contribution >= 4 is 32.6 Å². The lowest BCUT2D eigenvalue weighted by molar-refractivity contribution is 0.0985. The Balaban J connectivity index is 1.52. The summed E-state index contributed by atoms with van der Waals surface area (Å²) in [6.07, 6.45) is 0. The molecular formula is C29H24N2OS. The van der Waals surface area contributed by atoms with Crippen LogP contribution >= 0.6 is 11.3 Å². The number of hydrogen-bond acceptors (Lipinski definition) is 3. The highest BCUT2D eigenvalue weighted by atomic mass is 32.1. The molecule has 0 atom stereocenters. The fourth-order valence-corrected chi connectivity index (χ4v) is 4.91. The van der Waals surface area contributed by atoms with Gasteiger partial charge in [0.1, 0.15) is 0 Å². The molecule has 0 saturated carbocycles. The SMILES string of the molecule is Cc1cc2nc(N(Cc3ccccc3)C(=O)c3ccc(-c4ccccc4)cc3)sc2cc1C. The summed E-state index contributed by atoms with van der Waals surface area (Å²) >= 11 is 1.56. The number of nitrogens with zero attached hydrogens (tertiary/aromatic N) is 2. The molecule has 4 aromatic carbocycles. The van der Waals surface area contributed by atoms with Crippen LogP contribution in [0.15, 0.2) is 97.1 Å². The maximum Gasteiger partial charge on any atom is 0.260 e. The first-order valence-electron chi connectivity index (χ1n) is 11.0. The minimum atomic E-state index is -0.0500. The zero-order valence-electron chi connectivity index (χ0n) is 18.7. The predicted octanol–water partition coefficient (Wildman–Crippen LogP) is 7.43. The van der Waals surface area contributed by atoms with Gasteiger partial charge in [-0.25, -0.2) is 4.98 Å². The fourth-order valence-electron chi connectivity index (χ4n) is 3.87. The van der Waals surface area contributed by atoms with E-state index >= 15 is 0 Å². The van der Waals surface area contributed by atoms with Crippen LogP contribution in [0.25, 0.3) is 21.3 Å². The largest absolute Gasteiger partial charge is 0.279 e. The molecule has 4 heteroatoms. The Morgan fingerprint density at radius 3 is 2.09 bits per heavy atom. The average molecular weight is 449 g/mol. The van der Waals surface area contributed by atoms with Crippen LogP contribution in [0.4, 0.5) is 5.13 Å². The first-order valence-corrected chi connectivity index (χ1v) is 11.8. The first kappa shape index (κ1) is 21.1. The summed E-state index contributed by atoms with van der Waals surface area (Å²) in [5.41, 5.74) is 7.31. The Morgan fingerprint density at radius 1 is 0.788 bits per heavy atom. The van der Waals surface area contributed by atoms with E-state index in [1.54, 1.807) is 16.2 Å². The topological polar surface area (TPSA) is 33.2 Å². The standard InChI is InChI=1S/C29H24N2OS/c1-20-17-26-27(18-21(20)2)33-29(30-26)31(19-22-9-5-3-6-10-22)28(32)25-15-13-24(14-16-25)23-11-7-4-8-12-23/h3-18H,19H2,1-2H3. The van der Waals surface area contributed by atoms with Gasteiger partial charge in [0.05, 0.1) is 16.8 Å². The summed E-state index contributed by atoms with van der Waals surface area (Å²) in [5.74, 6) is -0.0500. The van der Waals surface area contributed by atoms with E-state index in [4.69, 9.17) is 4.98 Å². The monoisotopic (exact) mass is 448 g/mol. The second-order valence-corrected chi connectivity index (χ2v) is 9.23. The molecule has 5 aromatic rings. The Labute approximate surface area is 198 Å². The maximum atomic E-state index is 13.7. The molecule has 0 aliphatic rings. The van der Waals surface area contributed by atoms with Crippen molar-refractivity contribution in [2.75, 3.05) is 4.90 Å². The summed E-state index contributed by atoms with van der Waals surface area (Å²) in [7, 11) is 0. The van der Waals surface area contributed by atoms with Gasteiger partial charge in [-0.15, -0.1) is 0 Å². The smallest absolute Gasteiger partial charge is 0.260 e. The third-order valence-electron chi connectivity index (χ3n) is 5.89. The van der Waals surface area contributed by atoms with Crippen molar-refractivity contribution in [2.24, 2.45) is 0 Å². The van der Waals surface area contributed by atoms with Crippen LogP contribution in [0.5, 0.6) is 0 Å². The highest BCUT2D eigenvalue weighted by molar-refractivity contribution is 7.22. The third kappa shape index (κ3) is 4.43. The molecule has 0 aliphatic carbocycles. The molecule has 0 fully saturated rings. The van der Waals surface area contributed by atoms with E-state index in [1.807, 2.05) is 72.8 Å². The van der Waals surface area contributed by atoms with Gasteiger partial charge < -0.3 is 0 Å². The molecular weight excluding hydrogens is 424 g/mol. The number of carbonyl (C=O) groups excluding carboxylic acids is 1. The van der Waals surface area contributed by atoms with Crippen LogP contribution in [0, 0.1) is 13.8 Å². The van der Waals surface area contributed by atoms with Gasteiger partial charge in [0, 0.05) is 5.56 Å². The molecule has 5 rings (SSSR count). The second-order valence-electron chi connectivity index (χ2n) is 8.22. The van der Waals surface area contributed by atoms with E-state index in [9.17, 15) is 4.79 Å². The molecule has 162 valence electrons. The molecule has 0 radical (unpaired) electrons. The number of hydrogen-bond donors (Lipinski definition) is 0. The fraction of sp³-hybridized carbons (Fsp3) is 0.103. The number of anilines is 1. The highest BCUT2D eigenvalue weighted by Gasteiger charge is 2.22.